The van der Waals surface area contributed by atoms with E-state index in [1.165, 1.54) is 7.05 Å². The second-order valence-electron chi connectivity index (χ2n) is 4.20. The van der Waals surface area contributed by atoms with Gasteiger partial charge in [-0.15, -0.1) is 0 Å². The van der Waals surface area contributed by atoms with Crippen LogP contribution in [0.4, 0.5) is 13.2 Å². The molecule has 0 amide bonds. The van der Waals surface area contributed by atoms with Gasteiger partial charge in [0.2, 0.25) is 0 Å². The van der Waals surface area contributed by atoms with Crippen molar-refractivity contribution in [3.8, 4) is 0 Å². The third kappa shape index (κ3) is 6.69. The van der Waals surface area contributed by atoms with Crippen LogP contribution in [-0.2, 0) is 6.54 Å². The zero-order chi connectivity index (χ0) is 14.3. The molecule has 0 spiro atoms. The lowest BCUT2D eigenvalue weighted by Crippen LogP contribution is -2.38. The maximum Gasteiger partial charge on any atom is 0.390 e. The van der Waals surface area contributed by atoms with Crippen molar-refractivity contribution in [1.82, 2.24) is 10.6 Å². The highest BCUT2D eigenvalue weighted by Gasteiger charge is 2.26. The molecule has 0 fully saturated rings. The second-order valence-corrected chi connectivity index (χ2v) is 4.20. The molecule has 19 heavy (non-hydrogen) atoms. The average Bonchev–Trinajstić information content (AvgIpc) is 2.34. The van der Waals surface area contributed by atoms with Gasteiger partial charge in [0.1, 0.15) is 0 Å². The monoisotopic (exact) mass is 273 g/mol. The molecule has 1 aromatic rings. The summed E-state index contributed by atoms with van der Waals surface area (Å²) in [5, 5.41) is 5.59. The van der Waals surface area contributed by atoms with Crippen LogP contribution in [0.15, 0.2) is 29.3 Å². The lowest BCUT2D eigenvalue weighted by atomic mass is 10.1. The summed E-state index contributed by atoms with van der Waals surface area (Å²) in [4.78, 5) is 3.87. The molecule has 0 saturated carbocycles. The van der Waals surface area contributed by atoms with E-state index in [2.05, 4.69) is 15.6 Å². The topological polar surface area (TPSA) is 36.4 Å². The second kappa shape index (κ2) is 7.01. The van der Waals surface area contributed by atoms with Crippen LogP contribution in [0.5, 0.6) is 0 Å². The van der Waals surface area contributed by atoms with E-state index in [0.29, 0.717) is 12.5 Å². The molecule has 0 aromatic heterocycles. The smallest absolute Gasteiger partial charge is 0.356 e. The van der Waals surface area contributed by atoms with E-state index < -0.39 is 12.6 Å². The van der Waals surface area contributed by atoms with Crippen LogP contribution in [0, 0.1) is 6.92 Å². The summed E-state index contributed by atoms with van der Waals surface area (Å²) in [6.45, 7) is 2.33. The SMILES string of the molecule is CN=C(NCCC(F)(F)F)NCc1ccc(C)cc1. The highest BCUT2D eigenvalue weighted by atomic mass is 19.4. The lowest BCUT2D eigenvalue weighted by molar-refractivity contribution is -0.132. The molecule has 0 saturated heterocycles. The molecule has 0 bridgehead atoms. The van der Waals surface area contributed by atoms with Crippen molar-refractivity contribution in [2.45, 2.75) is 26.1 Å². The molecule has 0 aliphatic rings. The van der Waals surface area contributed by atoms with Crippen molar-refractivity contribution in [2.24, 2.45) is 4.99 Å². The zero-order valence-electron chi connectivity index (χ0n) is 11.0. The number of alkyl halides is 3. The van der Waals surface area contributed by atoms with E-state index in [1.54, 1.807) is 0 Å². The minimum Gasteiger partial charge on any atom is -0.356 e. The molecule has 0 aliphatic carbocycles. The van der Waals surface area contributed by atoms with Gasteiger partial charge < -0.3 is 10.6 Å². The molecule has 0 atom stereocenters. The van der Waals surface area contributed by atoms with Crippen LogP contribution in [0.1, 0.15) is 17.5 Å². The highest BCUT2D eigenvalue weighted by molar-refractivity contribution is 5.79. The number of guanidine groups is 1. The van der Waals surface area contributed by atoms with Gasteiger partial charge in [0.25, 0.3) is 0 Å². The maximum atomic E-state index is 12.0. The van der Waals surface area contributed by atoms with Crippen molar-refractivity contribution < 1.29 is 13.2 Å². The maximum absolute atomic E-state index is 12.0. The van der Waals surface area contributed by atoms with E-state index in [1.807, 2.05) is 31.2 Å². The van der Waals surface area contributed by atoms with Gasteiger partial charge in [0.05, 0.1) is 6.42 Å². The quantitative estimate of drug-likeness (QED) is 0.653. The van der Waals surface area contributed by atoms with Crippen molar-refractivity contribution in [2.75, 3.05) is 13.6 Å². The largest absolute Gasteiger partial charge is 0.390 e. The molecule has 6 heteroatoms. The number of nitrogens with zero attached hydrogens (tertiary/aromatic N) is 1. The van der Waals surface area contributed by atoms with Gasteiger partial charge in [-0.1, -0.05) is 29.8 Å². The Kier molecular flexibility index (Phi) is 5.66. The van der Waals surface area contributed by atoms with E-state index in [0.717, 1.165) is 11.1 Å². The normalized spacial score (nSPS) is 12.4. The predicted octanol–water partition coefficient (Wildman–Crippen LogP) is 2.61. The molecule has 106 valence electrons. The number of halogens is 3. The number of aliphatic imine (C=N–C) groups is 1. The number of hydrogen-bond acceptors (Lipinski definition) is 1. The molecular weight excluding hydrogens is 255 g/mol. The van der Waals surface area contributed by atoms with Crippen molar-refractivity contribution >= 4 is 5.96 Å². The van der Waals surface area contributed by atoms with Gasteiger partial charge in [-0.3, -0.25) is 4.99 Å². The number of benzene rings is 1. The molecular formula is C13H18F3N3. The molecule has 1 rings (SSSR count). The predicted molar refractivity (Wildman–Crippen MR) is 70.1 cm³/mol. The number of hydrogen-bond donors (Lipinski definition) is 2. The molecule has 0 aliphatic heterocycles. The summed E-state index contributed by atoms with van der Waals surface area (Å²) < 4.78 is 36.0. The summed E-state index contributed by atoms with van der Waals surface area (Å²) in [6, 6.07) is 7.89. The van der Waals surface area contributed by atoms with Gasteiger partial charge in [0, 0.05) is 20.1 Å². The van der Waals surface area contributed by atoms with Crippen LogP contribution >= 0.6 is 0 Å². The van der Waals surface area contributed by atoms with Gasteiger partial charge in [-0.25, -0.2) is 0 Å². The Labute approximate surface area is 110 Å². The van der Waals surface area contributed by atoms with Crippen LogP contribution < -0.4 is 10.6 Å². The molecule has 2 N–H and O–H groups in total. The molecule has 1 aromatic carbocycles. The van der Waals surface area contributed by atoms with E-state index in [-0.39, 0.29) is 6.54 Å². The molecule has 0 unspecified atom stereocenters. The Morgan fingerprint density at radius 3 is 2.32 bits per heavy atom. The van der Waals surface area contributed by atoms with Crippen molar-refractivity contribution in [3.05, 3.63) is 35.4 Å². The first-order valence-corrected chi connectivity index (χ1v) is 5.97. The van der Waals surface area contributed by atoms with Gasteiger partial charge in [-0.2, -0.15) is 13.2 Å². The van der Waals surface area contributed by atoms with Gasteiger partial charge >= 0.3 is 6.18 Å². The summed E-state index contributed by atoms with van der Waals surface area (Å²) in [5.41, 5.74) is 2.21. The minimum absolute atomic E-state index is 0.183. The van der Waals surface area contributed by atoms with Crippen LogP contribution in [0.2, 0.25) is 0 Å². The minimum atomic E-state index is -4.15. The Morgan fingerprint density at radius 2 is 1.79 bits per heavy atom. The zero-order valence-corrected chi connectivity index (χ0v) is 11.0. The molecule has 3 nitrogen and oxygen atoms in total. The third-order valence-electron chi connectivity index (χ3n) is 2.51. The summed E-state index contributed by atoms with van der Waals surface area (Å²) in [7, 11) is 1.53. The first-order valence-electron chi connectivity index (χ1n) is 5.97. The fourth-order valence-corrected chi connectivity index (χ4v) is 1.43. The van der Waals surface area contributed by atoms with E-state index in [4.69, 9.17) is 0 Å². The number of nitrogens with one attached hydrogen (secondary N) is 2. The fraction of sp³-hybridized carbons (Fsp3) is 0.462. The van der Waals surface area contributed by atoms with E-state index >= 15 is 0 Å². The summed E-state index contributed by atoms with van der Waals surface area (Å²) in [6.07, 6.45) is -5.03. The van der Waals surface area contributed by atoms with Gasteiger partial charge in [0.15, 0.2) is 5.96 Å². The third-order valence-corrected chi connectivity index (χ3v) is 2.51. The first-order chi connectivity index (χ1) is 8.90. The van der Waals surface area contributed by atoms with Crippen LogP contribution in [0.25, 0.3) is 0 Å². The van der Waals surface area contributed by atoms with Gasteiger partial charge in [-0.05, 0) is 12.5 Å². The van der Waals surface area contributed by atoms with E-state index in [9.17, 15) is 13.2 Å². The Balaban J connectivity index is 2.35. The molecule has 0 radical (unpaired) electrons. The Bertz CT molecular complexity index is 410. The summed E-state index contributed by atoms with van der Waals surface area (Å²) >= 11 is 0. The fourth-order valence-electron chi connectivity index (χ4n) is 1.43. The highest BCUT2D eigenvalue weighted by Crippen LogP contribution is 2.17. The first kappa shape index (κ1) is 15.3. The number of aryl methyl sites for hydroxylation is 1. The average molecular weight is 273 g/mol. The standard InChI is InChI=1S/C13H18F3N3/c1-10-3-5-11(6-4-10)9-19-12(17-2)18-8-7-13(14,15)16/h3-6H,7-9H2,1-2H3,(H2,17,18,19). The van der Waals surface area contributed by atoms with Crippen LogP contribution in [0.3, 0.4) is 0 Å². The Morgan fingerprint density at radius 1 is 1.16 bits per heavy atom. The summed E-state index contributed by atoms with van der Waals surface area (Å²) in [5.74, 6) is 0.366. The Hall–Kier alpha value is -1.72. The number of rotatable bonds is 4. The molecule has 0 heterocycles. The van der Waals surface area contributed by atoms with Crippen LogP contribution in [-0.4, -0.2) is 25.7 Å². The lowest BCUT2D eigenvalue weighted by Gasteiger charge is -2.13. The van der Waals surface area contributed by atoms with Crippen molar-refractivity contribution in [3.63, 3.8) is 0 Å². The van der Waals surface area contributed by atoms with Crippen molar-refractivity contribution in [1.29, 1.82) is 0 Å².